The number of halogens is 1. The average molecular weight is 409 g/mol. The average Bonchev–Trinajstić information content (AvgIpc) is 3.39. The number of hydrogen-bond donors (Lipinski definition) is 0. The molecule has 0 aliphatic carbocycles. The maximum Gasteiger partial charge on any atom is 0.361 e. The van der Waals surface area contributed by atoms with Gasteiger partial charge in [0.2, 0.25) is 11.7 Å². The molecule has 0 atom stereocenters. The number of esters is 1. The molecule has 152 valence electrons. The van der Waals surface area contributed by atoms with Crippen molar-refractivity contribution < 1.29 is 27.6 Å². The Morgan fingerprint density at radius 3 is 2.57 bits per heavy atom. The fraction of sp³-hybridized carbons (Fsp3) is 0.143. The molecule has 8 nitrogen and oxygen atoms in total. The normalized spacial score (nSPS) is 10.7. The van der Waals surface area contributed by atoms with Gasteiger partial charge in [0, 0.05) is 5.56 Å². The van der Waals surface area contributed by atoms with Crippen LogP contribution in [0.2, 0.25) is 0 Å². The van der Waals surface area contributed by atoms with Crippen LogP contribution in [0, 0.1) is 12.7 Å². The summed E-state index contributed by atoms with van der Waals surface area (Å²) in [5.41, 5.74) is 0.829. The molecule has 2 aromatic heterocycles. The first-order chi connectivity index (χ1) is 14.6. The van der Waals surface area contributed by atoms with Crippen molar-refractivity contribution in [1.29, 1.82) is 0 Å². The van der Waals surface area contributed by atoms with Crippen LogP contribution in [-0.4, -0.2) is 21.1 Å². The van der Waals surface area contributed by atoms with Crippen LogP contribution in [0.5, 0.6) is 5.75 Å². The van der Waals surface area contributed by atoms with E-state index >= 15 is 0 Å². The van der Waals surface area contributed by atoms with Gasteiger partial charge < -0.3 is 18.4 Å². The summed E-state index contributed by atoms with van der Waals surface area (Å²) in [6.45, 7) is 1.43. The minimum atomic E-state index is -0.666. The second-order valence-electron chi connectivity index (χ2n) is 6.21. The van der Waals surface area contributed by atoms with Gasteiger partial charge in [-0.1, -0.05) is 23.4 Å². The monoisotopic (exact) mass is 409 g/mol. The molecule has 0 spiro atoms. The summed E-state index contributed by atoms with van der Waals surface area (Å²) in [4.78, 5) is 20.6. The number of aromatic nitrogens is 3. The Morgan fingerprint density at radius 2 is 1.80 bits per heavy atom. The van der Waals surface area contributed by atoms with E-state index < -0.39 is 5.97 Å². The summed E-state index contributed by atoms with van der Waals surface area (Å²) in [7, 11) is 0. The Bertz CT molecular complexity index is 1140. The highest BCUT2D eigenvalue weighted by Gasteiger charge is 2.20. The van der Waals surface area contributed by atoms with Gasteiger partial charge in [-0.25, -0.2) is 14.2 Å². The molecule has 0 saturated heterocycles. The number of carbonyl (C=O) groups is 1. The quantitative estimate of drug-likeness (QED) is 0.421. The summed E-state index contributed by atoms with van der Waals surface area (Å²) in [6.07, 6.45) is 0. The molecule has 4 aromatic rings. The molecule has 4 rings (SSSR count). The van der Waals surface area contributed by atoms with Gasteiger partial charge in [0.05, 0.1) is 0 Å². The molecular weight excluding hydrogens is 393 g/mol. The van der Waals surface area contributed by atoms with E-state index in [4.69, 9.17) is 18.4 Å². The maximum atomic E-state index is 12.9. The van der Waals surface area contributed by atoms with Crippen LogP contribution < -0.4 is 4.74 Å². The van der Waals surface area contributed by atoms with E-state index in [1.165, 1.54) is 24.3 Å². The van der Waals surface area contributed by atoms with Gasteiger partial charge in [0.25, 0.3) is 5.89 Å². The van der Waals surface area contributed by atoms with Crippen molar-refractivity contribution in [2.45, 2.75) is 20.1 Å². The third-order valence-corrected chi connectivity index (χ3v) is 4.03. The van der Waals surface area contributed by atoms with Gasteiger partial charge in [0.1, 0.15) is 17.3 Å². The molecule has 0 unspecified atom stereocenters. The van der Waals surface area contributed by atoms with E-state index in [0.29, 0.717) is 17.4 Å². The first kappa shape index (κ1) is 19.3. The van der Waals surface area contributed by atoms with Gasteiger partial charge in [0.15, 0.2) is 18.9 Å². The second kappa shape index (κ2) is 8.56. The summed E-state index contributed by atoms with van der Waals surface area (Å²) >= 11 is 0. The molecule has 0 radical (unpaired) electrons. The predicted octanol–water partition coefficient (Wildman–Crippen LogP) is 4.11. The number of carbonyl (C=O) groups excluding carboxylic acids is 1. The smallest absolute Gasteiger partial charge is 0.361 e. The van der Waals surface area contributed by atoms with Gasteiger partial charge in [-0.05, 0) is 43.3 Å². The van der Waals surface area contributed by atoms with Gasteiger partial charge >= 0.3 is 5.97 Å². The lowest BCUT2D eigenvalue weighted by molar-refractivity contribution is 0.0421. The Kier molecular flexibility index (Phi) is 5.51. The Morgan fingerprint density at radius 1 is 1.03 bits per heavy atom. The lowest BCUT2D eigenvalue weighted by atomic mass is 10.2. The molecule has 0 aliphatic heterocycles. The van der Waals surface area contributed by atoms with Crippen LogP contribution in [-0.2, 0) is 18.0 Å². The molecule has 2 heterocycles. The highest BCUT2D eigenvalue weighted by Crippen LogP contribution is 2.22. The van der Waals surface area contributed by atoms with E-state index in [9.17, 15) is 9.18 Å². The zero-order valence-electron chi connectivity index (χ0n) is 15.9. The lowest BCUT2D eigenvalue weighted by Crippen LogP contribution is -2.07. The maximum absolute atomic E-state index is 12.9. The molecular formula is C21H16FN3O5. The van der Waals surface area contributed by atoms with Gasteiger partial charge in [-0.15, -0.1) is 0 Å². The topological polar surface area (TPSA) is 100 Å². The second-order valence-corrected chi connectivity index (χ2v) is 6.21. The Balaban J connectivity index is 1.33. The van der Waals surface area contributed by atoms with E-state index in [-0.39, 0.29) is 36.4 Å². The fourth-order valence-electron chi connectivity index (χ4n) is 2.57. The van der Waals surface area contributed by atoms with Crippen molar-refractivity contribution in [3.8, 4) is 17.2 Å². The molecule has 0 fully saturated rings. The van der Waals surface area contributed by atoms with Crippen LogP contribution in [0.1, 0.15) is 28.0 Å². The lowest BCUT2D eigenvalue weighted by Gasteiger charge is -2.02. The van der Waals surface area contributed by atoms with Gasteiger partial charge in [-0.2, -0.15) is 4.98 Å². The molecule has 0 bridgehead atoms. The molecule has 0 aliphatic rings. The summed E-state index contributed by atoms with van der Waals surface area (Å²) < 4.78 is 34.1. The number of rotatable bonds is 7. The number of oxazole rings is 1. The highest BCUT2D eigenvalue weighted by molar-refractivity contribution is 5.88. The summed E-state index contributed by atoms with van der Waals surface area (Å²) in [6, 6.07) is 14.8. The number of benzene rings is 2. The standard InChI is InChI=1S/C21H16FN3O5/c1-13-19(24-20(29-13)14-5-3-2-4-6-14)21(26)28-12-18-23-17(25-30-18)11-27-16-9-7-15(22)8-10-16/h2-10H,11-12H2,1H3. The predicted molar refractivity (Wildman–Crippen MR) is 101 cm³/mol. The van der Waals surface area contributed by atoms with Crippen molar-refractivity contribution in [1.82, 2.24) is 15.1 Å². The van der Waals surface area contributed by atoms with E-state index in [1.807, 2.05) is 30.3 Å². The molecule has 2 aromatic carbocycles. The summed E-state index contributed by atoms with van der Waals surface area (Å²) in [5, 5.41) is 3.75. The first-order valence-corrected chi connectivity index (χ1v) is 8.98. The zero-order chi connectivity index (χ0) is 20.9. The van der Waals surface area contributed by atoms with Crippen molar-refractivity contribution in [2.24, 2.45) is 0 Å². The molecule has 9 heteroatoms. The third kappa shape index (κ3) is 4.52. The molecule has 30 heavy (non-hydrogen) atoms. The van der Waals surface area contributed by atoms with Crippen molar-refractivity contribution in [2.75, 3.05) is 0 Å². The minimum absolute atomic E-state index is 0.0198. The number of nitrogens with zero attached hydrogens (tertiary/aromatic N) is 3. The van der Waals surface area contributed by atoms with Crippen LogP contribution in [0.25, 0.3) is 11.5 Å². The zero-order valence-corrected chi connectivity index (χ0v) is 15.9. The summed E-state index contributed by atoms with van der Waals surface area (Å²) in [5.74, 6) is 0.477. The Labute approximate surface area is 170 Å². The van der Waals surface area contributed by atoms with Crippen LogP contribution >= 0.6 is 0 Å². The van der Waals surface area contributed by atoms with E-state index in [1.54, 1.807) is 6.92 Å². The van der Waals surface area contributed by atoms with Gasteiger partial charge in [-0.3, -0.25) is 0 Å². The first-order valence-electron chi connectivity index (χ1n) is 8.98. The minimum Gasteiger partial charge on any atom is -0.485 e. The van der Waals surface area contributed by atoms with Crippen molar-refractivity contribution in [3.05, 3.63) is 83.6 Å². The number of ether oxygens (including phenoxy) is 2. The highest BCUT2D eigenvalue weighted by atomic mass is 19.1. The SMILES string of the molecule is Cc1oc(-c2ccccc2)nc1C(=O)OCc1nc(COc2ccc(F)cc2)no1. The number of aryl methyl sites for hydroxylation is 1. The fourth-order valence-corrected chi connectivity index (χ4v) is 2.57. The third-order valence-electron chi connectivity index (χ3n) is 4.03. The van der Waals surface area contributed by atoms with Crippen LogP contribution in [0.4, 0.5) is 4.39 Å². The van der Waals surface area contributed by atoms with Crippen molar-refractivity contribution >= 4 is 5.97 Å². The molecule has 0 N–H and O–H groups in total. The van der Waals surface area contributed by atoms with Crippen LogP contribution in [0.3, 0.4) is 0 Å². The number of hydrogen-bond acceptors (Lipinski definition) is 8. The van der Waals surface area contributed by atoms with E-state index in [2.05, 4.69) is 15.1 Å². The largest absolute Gasteiger partial charge is 0.485 e. The molecule has 0 amide bonds. The van der Waals surface area contributed by atoms with E-state index in [0.717, 1.165) is 5.56 Å². The Hall–Kier alpha value is -4.01. The van der Waals surface area contributed by atoms with Crippen molar-refractivity contribution in [3.63, 3.8) is 0 Å². The molecule has 0 saturated carbocycles. The van der Waals surface area contributed by atoms with Crippen LogP contribution in [0.15, 0.2) is 63.5 Å².